The van der Waals surface area contributed by atoms with Crippen LogP contribution in [0.1, 0.15) is 5.56 Å². The SMILES string of the molecule is COc1ccnc(-c2cc(C(F)(F)F)cc(-c3ccccc3)c2-c2ccccc2)c1. The van der Waals surface area contributed by atoms with Crippen molar-refractivity contribution in [1.29, 1.82) is 0 Å². The lowest BCUT2D eigenvalue weighted by atomic mass is 9.87. The van der Waals surface area contributed by atoms with E-state index in [9.17, 15) is 13.2 Å². The van der Waals surface area contributed by atoms with E-state index in [1.807, 2.05) is 60.7 Å². The van der Waals surface area contributed by atoms with E-state index in [1.54, 1.807) is 12.1 Å². The van der Waals surface area contributed by atoms with Gasteiger partial charge in [-0.05, 0) is 40.5 Å². The van der Waals surface area contributed by atoms with E-state index < -0.39 is 11.7 Å². The van der Waals surface area contributed by atoms with Crippen molar-refractivity contribution in [1.82, 2.24) is 4.98 Å². The molecule has 0 amide bonds. The Bertz CT molecular complexity index is 1160. The number of aromatic nitrogens is 1. The van der Waals surface area contributed by atoms with Crippen LogP contribution in [-0.2, 0) is 6.18 Å². The second-order valence-electron chi connectivity index (χ2n) is 6.76. The van der Waals surface area contributed by atoms with Crippen molar-refractivity contribution in [3.8, 4) is 39.3 Å². The number of hydrogen-bond donors (Lipinski definition) is 0. The van der Waals surface area contributed by atoms with Gasteiger partial charge in [-0.1, -0.05) is 60.7 Å². The highest BCUT2D eigenvalue weighted by Gasteiger charge is 2.33. The summed E-state index contributed by atoms with van der Waals surface area (Å²) in [5.41, 5.74) is 2.79. The number of methoxy groups -OCH3 is 1. The number of benzene rings is 3. The second kappa shape index (κ2) is 8.03. The molecule has 0 saturated heterocycles. The summed E-state index contributed by atoms with van der Waals surface area (Å²) in [5.74, 6) is 0.526. The highest BCUT2D eigenvalue weighted by atomic mass is 19.4. The monoisotopic (exact) mass is 405 g/mol. The van der Waals surface area contributed by atoms with Gasteiger partial charge in [0.25, 0.3) is 0 Å². The predicted molar refractivity (Wildman–Crippen MR) is 112 cm³/mol. The standard InChI is InChI=1S/C25H18F3NO/c1-30-20-12-13-29-23(16-20)22-15-19(25(26,27)28)14-21(17-8-4-2-5-9-17)24(22)18-10-6-3-7-11-18/h2-16H,1H3. The Kier molecular flexibility index (Phi) is 5.27. The van der Waals surface area contributed by atoms with Crippen LogP contribution in [0, 0.1) is 0 Å². The molecule has 0 spiro atoms. The Labute approximate surface area is 172 Å². The van der Waals surface area contributed by atoms with E-state index in [4.69, 9.17) is 4.74 Å². The molecular formula is C25H18F3NO. The van der Waals surface area contributed by atoms with Crippen LogP contribution in [0.15, 0.2) is 91.1 Å². The van der Waals surface area contributed by atoms with Gasteiger partial charge in [-0.3, -0.25) is 4.98 Å². The van der Waals surface area contributed by atoms with Crippen LogP contribution in [0.5, 0.6) is 5.75 Å². The van der Waals surface area contributed by atoms with E-state index in [-0.39, 0.29) is 0 Å². The molecule has 0 atom stereocenters. The molecule has 4 rings (SSSR count). The van der Waals surface area contributed by atoms with Gasteiger partial charge >= 0.3 is 6.18 Å². The number of pyridine rings is 1. The van der Waals surface area contributed by atoms with Crippen molar-refractivity contribution in [3.63, 3.8) is 0 Å². The third kappa shape index (κ3) is 3.92. The van der Waals surface area contributed by atoms with Crippen molar-refractivity contribution in [2.24, 2.45) is 0 Å². The Morgan fingerprint density at radius 3 is 1.93 bits per heavy atom. The first-order valence-corrected chi connectivity index (χ1v) is 9.34. The summed E-state index contributed by atoms with van der Waals surface area (Å²) in [5, 5.41) is 0. The second-order valence-corrected chi connectivity index (χ2v) is 6.76. The maximum atomic E-state index is 13.8. The Morgan fingerprint density at radius 2 is 1.33 bits per heavy atom. The average Bonchev–Trinajstić information content (AvgIpc) is 2.79. The van der Waals surface area contributed by atoms with Crippen molar-refractivity contribution in [2.75, 3.05) is 7.11 Å². The molecule has 1 heterocycles. The number of halogens is 3. The highest BCUT2D eigenvalue weighted by Crippen LogP contribution is 2.44. The van der Waals surface area contributed by atoms with Crippen LogP contribution in [0.25, 0.3) is 33.5 Å². The molecule has 1 aromatic heterocycles. The molecule has 0 radical (unpaired) electrons. The smallest absolute Gasteiger partial charge is 0.416 e. The Morgan fingerprint density at radius 1 is 0.733 bits per heavy atom. The van der Waals surface area contributed by atoms with E-state index in [0.717, 1.165) is 11.6 Å². The van der Waals surface area contributed by atoms with Crippen molar-refractivity contribution in [2.45, 2.75) is 6.18 Å². The largest absolute Gasteiger partial charge is 0.497 e. The third-order valence-electron chi connectivity index (χ3n) is 4.86. The first-order chi connectivity index (χ1) is 14.5. The summed E-state index contributed by atoms with van der Waals surface area (Å²) in [6.45, 7) is 0. The Balaban J connectivity index is 2.11. The molecule has 0 N–H and O–H groups in total. The van der Waals surface area contributed by atoms with E-state index >= 15 is 0 Å². The summed E-state index contributed by atoms with van der Waals surface area (Å²) in [7, 11) is 1.51. The molecule has 0 saturated carbocycles. The minimum atomic E-state index is -4.49. The van der Waals surface area contributed by atoms with Gasteiger partial charge in [0.1, 0.15) is 5.75 Å². The molecule has 0 unspecified atom stereocenters. The summed E-state index contributed by atoms with van der Waals surface area (Å²) in [6.07, 6.45) is -2.96. The maximum Gasteiger partial charge on any atom is 0.416 e. The summed E-state index contributed by atoms with van der Waals surface area (Å²) < 4.78 is 46.7. The Hall–Kier alpha value is -3.60. The van der Waals surface area contributed by atoms with Crippen LogP contribution in [-0.4, -0.2) is 12.1 Å². The summed E-state index contributed by atoms with van der Waals surface area (Å²) in [6, 6.07) is 24.2. The molecule has 0 fully saturated rings. The van der Waals surface area contributed by atoms with E-state index in [1.165, 1.54) is 19.4 Å². The van der Waals surface area contributed by atoms with Gasteiger partial charge < -0.3 is 4.74 Å². The van der Waals surface area contributed by atoms with Gasteiger partial charge in [-0.2, -0.15) is 13.2 Å². The third-order valence-corrected chi connectivity index (χ3v) is 4.86. The number of hydrogen-bond acceptors (Lipinski definition) is 2. The molecule has 150 valence electrons. The fourth-order valence-electron chi connectivity index (χ4n) is 3.45. The van der Waals surface area contributed by atoms with Gasteiger partial charge in [-0.25, -0.2) is 0 Å². The fourth-order valence-corrected chi connectivity index (χ4v) is 3.45. The minimum absolute atomic E-state index is 0.397. The first kappa shape index (κ1) is 19.7. The summed E-state index contributed by atoms with van der Waals surface area (Å²) in [4.78, 5) is 4.35. The molecular weight excluding hydrogens is 387 g/mol. The number of rotatable bonds is 4. The van der Waals surface area contributed by atoms with Crippen LogP contribution < -0.4 is 4.74 Å². The van der Waals surface area contributed by atoms with Crippen LogP contribution >= 0.6 is 0 Å². The first-order valence-electron chi connectivity index (χ1n) is 9.34. The van der Waals surface area contributed by atoms with Crippen molar-refractivity contribution < 1.29 is 17.9 Å². The number of nitrogens with zero attached hydrogens (tertiary/aromatic N) is 1. The number of ether oxygens (including phenoxy) is 1. The molecule has 0 bridgehead atoms. The summed E-state index contributed by atoms with van der Waals surface area (Å²) >= 11 is 0. The van der Waals surface area contributed by atoms with Gasteiger partial charge in [0.2, 0.25) is 0 Å². The average molecular weight is 405 g/mol. The molecule has 5 heteroatoms. The van der Waals surface area contributed by atoms with Crippen LogP contribution in [0.2, 0.25) is 0 Å². The zero-order valence-electron chi connectivity index (χ0n) is 16.1. The van der Waals surface area contributed by atoms with Crippen LogP contribution in [0.3, 0.4) is 0 Å². The maximum absolute atomic E-state index is 13.8. The quantitative estimate of drug-likeness (QED) is 0.361. The zero-order chi connectivity index (χ0) is 21.1. The fraction of sp³-hybridized carbons (Fsp3) is 0.0800. The van der Waals surface area contributed by atoms with Gasteiger partial charge in [-0.15, -0.1) is 0 Å². The van der Waals surface area contributed by atoms with Gasteiger partial charge in [0.15, 0.2) is 0 Å². The molecule has 0 aliphatic heterocycles. The molecule has 30 heavy (non-hydrogen) atoms. The zero-order valence-corrected chi connectivity index (χ0v) is 16.1. The van der Waals surface area contributed by atoms with Crippen molar-refractivity contribution in [3.05, 3.63) is 96.7 Å². The lowest BCUT2D eigenvalue weighted by Crippen LogP contribution is -2.07. The molecule has 0 aliphatic rings. The molecule has 2 nitrogen and oxygen atoms in total. The molecule has 0 aliphatic carbocycles. The minimum Gasteiger partial charge on any atom is -0.497 e. The number of alkyl halides is 3. The lowest BCUT2D eigenvalue weighted by molar-refractivity contribution is -0.137. The molecule has 3 aromatic carbocycles. The lowest BCUT2D eigenvalue weighted by Gasteiger charge is -2.19. The normalized spacial score (nSPS) is 11.3. The van der Waals surface area contributed by atoms with Crippen molar-refractivity contribution >= 4 is 0 Å². The van der Waals surface area contributed by atoms with E-state index in [2.05, 4.69) is 4.98 Å². The topological polar surface area (TPSA) is 22.1 Å². The predicted octanol–water partition coefficient (Wildman–Crippen LogP) is 7.11. The van der Waals surface area contributed by atoms with Gasteiger partial charge in [0, 0.05) is 17.8 Å². The van der Waals surface area contributed by atoms with Crippen LogP contribution in [0.4, 0.5) is 13.2 Å². The van der Waals surface area contributed by atoms with Gasteiger partial charge in [0.05, 0.1) is 18.4 Å². The van der Waals surface area contributed by atoms with E-state index in [0.29, 0.717) is 33.7 Å². The molecule has 4 aromatic rings. The highest BCUT2D eigenvalue weighted by molar-refractivity contribution is 5.94.